The average molecular weight is 438 g/mol. The van der Waals surface area contributed by atoms with Gasteiger partial charge in [0.15, 0.2) is 9.50 Å². The minimum absolute atomic E-state index is 0.162. The predicted molar refractivity (Wildman–Crippen MR) is 112 cm³/mol. The van der Waals surface area contributed by atoms with Crippen LogP contribution in [0.25, 0.3) is 5.69 Å². The highest BCUT2D eigenvalue weighted by Gasteiger charge is 2.14. The van der Waals surface area contributed by atoms with Gasteiger partial charge in [0, 0.05) is 18.5 Å². The lowest BCUT2D eigenvalue weighted by molar-refractivity contribution is -0.113. The molecule has 1 amide bonds. The van der Waals surface area contributed by atoms with E-state index in [1.54, 1.807) is 38.2 Å². The fraction of sp³-hybridized carbons (Fsp3) is 0.294. The van der Waals surface area contributed by atoms with E-state index in [4.69, 9.17) is 9.47 Å². The van der Waals surface area contributed by atoms with Crippen molar-refractivity contribution < 1.29 is 14.3 Å². The molecule has 0 radical (unpaired) electrons. The summed E-state index contributed by atoms with van der Waals surface area (Å²) in [4.78, 5) is 16.6. The zero-order valence-corrected chi connectivity index (χ0v) is 18.0. The van der Waals surface area contributed by atoms with E-state index in [1.165, 1.54) is 23.1 Å². The van der Waals surface area contributed by atoms with E-state index in [-0.39, 0.29) is 11.7 Å². The number of benzene rings is 1. The van der Waals surface area contributed by atoms with Crippen LogP contribution in [-0.2, 0) is 4.79 Å². The first-order valence-electron chi connectivity index (χ1n) is 8.29. The third kappa shape index (κ3) is 4.97. The SMILES string of the molecule is CCSc1nnc(NC(=O)CSc2nccn2-c2ccc(OC)cc2OC)s1. The van der Waals surface area contributed by atoms with E-state index in [0.717, 1.165) is 15.8 Å². The van der Waals surface area contributed by atoms with Gasteiger partial charge in [-0.3, -0.25) is 14.7 Å². The van der Waals surface area contributed by atoms with Crippen LogP contribution in [0.2, 0.25) is 0 Å². The molecular weight excluding hydrogens is 418 g/mol. The number of imidazole rings is 1. The molecule has 0 saturated heterocycles. The standard InChI is InChI=1S/C17H19N5O3S3/c1-4-26-17-21-20-15(28-17)19-14(23)10-27-16-18-7-8-22(16)12-6-5-11(24-2)9-13(12)25-3/h5-9H,4,10H2,1-3H3,(H,19,20,23). The highest BCUT2D eigenvalue weighted by Crippen LogP contribution is 2.31. The molecule has 0 bridgehead atoms. The molecule has 2 aromatic heterocycles. The highest BCUT2D eigenvalue weighted by atomic mass is 32.2. The largest absolute Gasteiger partial charge is 0.497 e. The van der Waals surface area contributed by atoms with Crippen molar-refractivity contribution in [1.82, 2.24) is 19.7 Å². The number of rotatable bonds is 9. The number of thioether (sulfide) groups is 2. The van der Waals surface area contributed by atoms with Crippen molar-refractivity contribution in [3.8, 4) is 17.2 Å². The first-order valence-corrected chi connectivity index (χ1v) is 11.1. The summed E-state index contributed by atoms with van der Waals surface area (Å²) < 4.78 is 13.4. The monoisotopic (exact) mass is 437 g/mol. The third-order valence-electron chi connectivity index (χ3n) is 3.51. The lowest BCUT2D eigenvalue weighted by Crippen LogP contribution is -2.14. The minimum atomic E-state index is -0.162. The number of ether oxygens (including phenoxy) is 2. The Balaban J connectivity index is 1.66. The molecular formula is C17H19N5O3S3. The van der Waals surface area contributed by atoms with Gasteiger partial charge in [-0.1, -0.05) is 41.8 Å². The van der Waals surface area contributed by atoms with Gasteiger partial charge < -0.3 is 9.47 Å². The van der Waals surface area contributed by atoms with Crippen molar-refractivity contribution in [1.29, 1.82) is 0 Å². The number of methoxy groups -OCH3 is 2. The van der Waals surface area contributed by atoms with Crippen LogP contribution in [0, 0.1) is 0 Å². The number of carbonyl (C=O) groups excluding carboxylic acids is 1. The average Bonchev–Trinajstić information content (AvgIpc) is 3.35. The van der Waals surface area contributed by atoms with Gasteiger partial charge in [0.1, 0.15) is 11.5 Å². The Labute approximate surface area is 175 Å². The Morgan fingerprint density at radius 3 is 2.86 bits per heavy atom. The lowest BCUT2D eigenvalue weighted by atomic mass is 10.2. The van der Waals surface area contributed by atoms with Crippen LogP contribution in [0.4, 0.5) is 5.13 Å². The number of amides is 1. The molecule has 1 aromatic carbocycles. The molecule has 0 spiro atoms. The maximum absolute atomic E-state index is 12.3. The molecule has 2 heterocycles. The number of nitrogens with zero attached hydrogens (tertiary/aromatic N) is 4. The maximum atomic E-state index is 12.3. The van der Waals surface area contributed by atoms with Crippen LogP contribution in [0.1, 0.15) is 6.92 Å². The van der Waals surface area contributed by atoms with Crippen LogP contribution >= 0.6 is 34.9 Å². The fourth-order valence-electron chi connectivity index (χ4n) is 2.29. The quantitative estimate of drug-likeness (QED) is 0.401. The molecule has 0 fully saturated rings. The number of hydrogen-bond acceptors (Lipinski definition) is 9. The van der Waals surface area contributed by atoms with Crippen molar-refractivity contribution in [3.05, 3.63) is 30.6 Å². The maximum Gasteiger partial charge on any atom is 0.236 e. The smallest absolute Gasteiger partial charge is 0.236 e. The zero-order valence-electron chi connectivity index (χ0n) is 15.5. The molecule has 0 aliphatic carbocycles. The van der Waals surface area contributed by atoms with Gasteiger partial charge in [0.05, 0.1) is 25.7 Å². The van der Waals surface area contributed by atoms with Gasteiger partial charge in [0.2, 0.25) is 11.0 Å². The topological polar surface area (TPSA) is 91.2 Å². The van der Waals surface area contributed by atoms with Crippen molar-refractivity contribution in [3.63, 3.8) is 0 Å². The van der Waals surface area contributed by atoms with Crippen LogP contribution < -0.4 is 14.8 Å². The molecule has 148 valence electrons. The van der Waals surface area contributed by atoms with E-state index < -0.39 is 0 Å². The van der Waals surface area contributed by atoms with Crippen LogP contribution in [0.5, 0.6) is 11.5 Å². The summed E-state index contributed by atoms with van der Waals surface area (Å²) in [5.41, 5.74) is 0.814. The summed E-state index contributed by atoms with van der Waals surface area (Å²) in [5.74, 6) is 2.30. The Kier molecular flexibility index (Phi) is 7.18. The molecule has 11 heteroatoms. The number of hydrogen-bond donors (Lipinski definition) is 1. The number of carbonyl (C=O) groups is 1. The van der Waals surface area contributed by atoms with Crippen molar-refractivity contribution in [2.75, 3.05) is 31.0 Å². The molecule has 28 heavy (non-hydrogen) atoms. The van der Waals surface area contributed by atoms with Crippen LogP contribution in [0.3, 0.4) is 0 Å². The van der Waals surface area contributed by atoms with Gasteiger partial charge in [-0.15, -0.1) is 10.2 Å². The Morgan fingerprint density at radius 1 is 1.25 bits per heavy atom. The summed E-state index contributed by atoms with van der Waals surface area (Å²) in [6, 6.07) is 5.54. The summed E-state index contributed by atoms with van der Waals surface area (Å²) in [6.45, 7) is 2.04. The first kappa shape index (κ1) is 20.5. The number of nitrogens with one attached hydrogen (secondary N) is 1. The lowest BCUT2D eigenvalue weighted by Gasteiger charge is -2.13. The third-order valence-corrected chi connectivity index (χ3v) is 6.33. The Bertz CT molecular complexity index is 944. The van der Waals surface area contributed by atoms with Gasteiger partial charge in [-0.05, 0) is 17.9 Å². The normalized spacial score (nSPS) is 10.7. The summed E-state index contributed by atoms with van der Waals surface area (Å²) >= 11 is 4.29. The Morgan fingerprint density at radius 2 is 2.11 bits per heavy atom. The van der Waals surface area contributed by atoms with Crippen molar-refractivity contribution in [2.24, 2.45) is 0 Å². The van der Waals surface area contributed by atoms with Crippen LogP contribution in [-0.4, -0.2) is 51.4 Å². The highest BCUT2D eigenvalue weighted by molar-refractivity contribution is 8.01. The second-order valence-electron chi connectivity index (χ2n) is 5.26. The molecule has 0 aliphatic rings. The zero-order chi connectivity index (χ0) is 19.9. The van der Waals surface area contributed by atoms with E-state index in [2.05, 4.69) is 20.5 Å². The number of anilines is 1. The van der Waals surface area contributed by atoms with Gasteiger partial charge >= 0.3 is 0 Å². The molecule has 0 aliphatic heterocycles. The molecule has 8 nitrogen and oxygen atoms in total. The van der Waals surface area contributed by atoms with Gasteiger partial charge in [-0.2, -0.15) is 0 Å². The van der Waals surface area contributed by atoms with Gasteiger partial charge in [-0.25, -0.2) is 4.98 Å². The van der Waals surface area contributed by atoms with Crippen molar-refractivity contribution in [2.45, 2.75) is 16.4 Å². The first-order chi connectivity index (χ1) is 13.6. The predicted octanol–water partition coefficient (Wildman–Crippen LogP) is 3.58. The fourth-order valence-corrected chi connectivity index (χ4v) is 4.72. The molecule has 0 atom stereocenters. The van der Waals surface area contributed by atoms with Crippen molar-refractivity contribution >= 4 is 45.9 Å². The summed E-state index contributed by atoms with van der Waals surface area (Å²) in [5, 5.41) is 12.0. The second kappa shape index (κ2) is 9.80. The summed E-state index contributed by atoms with van der Waals surface area (Å²) in [7, 11) is 3.20. The van der Waals surface area contributed by atoms with E-state index >= 15 is 0 Å². The van der Waals surface area contributed by atoms with E-state index in [9.17, 15) is 4.79 Å². The molecule has 0 unspecified atom stereocenters. The van der Waals surface area contributed by atoms with Crippen LogP contribution in [0.15, 0.2) is 40.1 Å². The summed E-state index contributed by atoms with van der Waals surface area (Å²) in [6.07, 6.45) is 3.51. The number of aromatic nitrogens is 4. The van der Waals surface area contributed by atoms with Gasteiger partial charge in [0.25, 0.3) is 0 Å². The molecule has 3 rings (SSSR count). The molecule has 3 aromatic rings. The van der Waals surface area contributed by atoms with E-state index in [1.807, 2.05) is 29.8 Å². The molecule has 0 saturated carbocycles. The van der Waals surface area contributed by atoms with E-state index in [0.29, 0.717) is 21.8 Å². The second-order valence-corrected chi connectivity index (χ2v) is 8.69. The minimum Gasteiger partial charge on any atom is -0.497 e. The Hall–Kier alpha value is -2.24. The molecule has 1 N–H and O–H groups in total.